The first-order chi connectivity index (χ1) is 8.96. The van der Waals surface area contributed by atoms with E-state index in [2.05, 4.69) is 5.32 Å². The van der Waals surface area contributed by atoms with Crippen LogP contribution >= 0.6 is 0 Å². The lowest BCUT2D eigenvalue weighted by Crippen LogP contribution is -2.42. The highest BCUT2D eigenvalue weighted by molar-refractivity contribution is 5.85. The highest BCUT2D eigenvalue weighted by atomic mass is 16.2. The van der Waals surface area contributed by atoms with Crippen molar-refractivity contribution in [3.63, 3.8) is 0 Å². The number of amides is 2. The van der Waals surface area contributed by atoms with Crippen LogP contribution in [0, 0.1) is 11.3 Å². The number of likely N-dealkylation sites (tertiary alicyclic amines) is 1. The van der Waals surface area contributed by atoms with Gasteiger partial charge in [-0.2, -0.15) is 0 Å². The monoisotopic (exact) mass is 267 g/mol. The third-order valence-corrected chi connectivity index (χ3v) is 4.68. The Morgan fingerprint density at radius 2 is 1.89 bits per heavy atom. The van der Waals surface area contributed by atoms with Gasteiger partial charge in [0.05, 0.1) is 5.41 Å². The molecule has 1 saturated heterocycles. The van der Waals surface area contributed by atoms with Crippen molar-refractivity contribution < 1.29 is 9.59 Å². The summed E-state index contributed by atoms with van der Waals surface area (Å²) in [6.45, 7) is 3.19. The molecule has 2 rings (SSSR count). The van der Waals surface area contributed by atoms with Gasteiger partial charge in [-0.25, -0.2) is 0 Å². The van der Waals surface area contributed by atoms with Crippen LogP contribution in [0.15, 0.2) is 0 Å². The standard InChI is InChI=1S/C14H25N3O2/c1-14(13(19)16-2)7-8-17(9-14)12(18)10-3-5-11(15)6-4-10/h10-11H,3-9,15H2,1-2H3,(H,16,19). The Labute approximate surface area is 114 Å². The van der Waals surface area contributed by atoms with Crippen LogP contribution in [0.5, 0.6) is 0 Å². The average Bonchev–Trinajstić information content (AvgIpc) is 2.82. The molecule has 1 aliphatic carbocycles. The summed E-state index contributed by atoms with van der Waals surface area (Å²) in [5.41, 5.74) is 5.45. The first-order valence-electron chi connectivity index (χ1n) is 7.23. The number of hydrogen-bond donors (Lipinski definition) is 2. The number of carbonyl (C=O) groups excluding carboxylic acids is 2. The van der Waals surface area contributed by atoms with Gasteiger partial charge in [-0.05, 0) is 39.0 Å². The Morgan fingerprint density at radius 1 is 1.26 bits per heavy atom. The largest absolute Gasteiger partial charge is 0.359 e. The molecule has 0 aromatic carbocycles. The number of hydrogen-bond acceptors (Lipinski definition) is 3. The fraction of sp³-hybridized carbons (Fsp3) is 0.857. The Kier molecular flexibility index (Phi) is 4.13. The number of nitrogens with two attached hydrogens (primary N) is 1. The second kappa shape index (κ2) is 5.49. The minimum atomic E-state index is -0.421. The third kappa shape index (κ3) is 2.91. The van der Waals surface area contributed by atoms with E-state index in [-0.39, 0.29) is 23.8 Å². The molecule has 3 N–H and O–H groups in total. The van der Waals surface area contributed by atoms with Gasteiger partial charge >= 0.3 is 0 Å². The van der Waals surface area contributed by atoms with Gasteiger partial charge in [0, 0.05) is 32.1 Å². The molecule has 2 aliphatic rings. The fourth-order valence-electron chi connectivity index (χ4n) is 3.26. The maximum atomic E-state index is 12.5. The Hall–Kier alpha value is -1.10. The summed E-state index contributed by atoms with van der Waals surface area (Å²) in [7, 11) is 1.65. The normalized spacial score (nSPS) is 35.2. The van der Waals surface area contributed by atoms with Crippen LogP contribution in [0.25, 0.3) is 0 Å². The van der Waals surface area contributed by atoms with Gasteiger partial charge in [-0.1, -0.05) is 0 Å². The lowest BCUT2D eigenvalue weighted by molar-refractivity contribution is -0.136. The summed E-state index contributed by atoms with van der Waals surface area (Å²) in [6, 6.07) is 0.263. The zero-order valence-corrected chi connectivity index (χ0v) is 11.9. The lowest BCUT2D eigenvalue weighted by atomic mass is 9.85. The Balaban J connectivity index is 1.93. The van der Waals surface area contributed by atoms with E-state index in [0.717, 1.165) is 32.1 Å². The van der Waals surface area contributed by atoms with Gasteiger partial charge in [0.2, 0.25) is 11.8 Å². The van der Waals surface area contributed by atoms with Crippen molar-refractivity contribution in [2.75, 3.05) is 20.1 Å². The lowest BCUT2D eigenvalue weighted by Gasteiger charge is -2.29. The van der Waals surface area contributed by atoms with Crippen molar-refractivity contribution in [3.8, 4) is 0 Å². The SMILES string of the molecule is CNC(=O)C1(C)CCN(C(=O)C2CCC(N)CC2)C1. The molecular formula is C14H25N3O2. The van der Waals surface area contributed by atoms with Gasteiger partial charge < -0.3 is 16.0 Å². The summed E-state index contributed by atoms with van der Waals surface area (Å²) < 4.78 is 0. The van der Waals surface area contributed by atoms with Crippen molar-refractivity contribution in [1.82, 2.24) is 10.2 Å². The van der Waals surface area contributed by atoms with Crippen LogP contribution in [0.4, 0.5) is 0 Å². The van der Waals surface area contributed by atoms with Gasteiger partial charge in [0.1, 0.15) is 0 Å². The van der Waals surface area contributed by atoms with Crippen LogP contribution < -0.4 is 11.1 Å². The molecule has 19 heavy (non-hydrogen) atoms. The van der Waals surface area contributed by atoms with Crippen LogP contribution in [0.2, 0.25) is 0 Å². The molecule has 1 heterocycles. The fourth-order valence-corrected chi connectivity index (χ4v) is 3.26. The highest BCUT2D eigenvalue weighted by Gasteiger charge is 2.42. The predicted molar refractivity (Wildman–Crippen MR) is 73.3 cm³/mol. The molecule has 1 saturated carbocycles. The van der Waals surface area contributed by atoms with Crippen LogP contribution in [-0.4, -0.2) is 42.9 Å². The summed E-state index contributed by atoms with van der Waals surface area (Å²) >= 11 is 0. The molecule has 1 atom stereocenters. The minimum absolute atomic E-state index is 0.0356. The van der Waals surface area contributed by atoms with Gasteiger partial charge in [0.15, 0.2) is 0 Å². The topological polar surface area (TPSA) is 75.4 Å². The zero-order chi connectivity index (χ0) is 14.0. The summed E-state index contributed by atoms with van der Waals surface area (Å²) in [5, 5.41) is 2.70. The van der Waals surface area contributed by atoms with Gasteiger partial charge in [0.25, 0.3) is 0 Å². The van der Waals surface area contributed by atoms with Crippen molar-refractivity contribution >= 4 is 11.8 Å². The predicted octanol–water partition coefficient (Wildman–Crippen LogP) is 0.489. The van der Waals surface area contributed by atoms with Crippen LogP contribution in [-0.2, 0) is 9.59 Å². The van der Waals surface area contributed by atoms with Gasteiger partial charge in [-0.15, -0.1) is 0 Å². The van der Waals surface area contributed by atoms with E-state index >= 15 is 0 Å². The summed E-state index contributed by atoms with van der Waals surface area (Å²) in [6.07, 6.45) is 4.43. The number of nitrogens with one attached hydrogen (secondary N) is 1. The molecule has 2 amide bonds. The average molecular weight is 267 g/mol. The number of nitrogens with zero attached hydrogens (tertiary/aromatic N) is 1. The Bertz CT molecular complexity index is 364. The van der Waals surface area contributed by atoms with Crippen LogP contribution in [0.1, 0.15) is 39.0 Å². The molecule has 5 nitrogen and oxygen atoms in total. The number of rotatable bonds is 2. The molecular weight excluding hydrogens is 242 g/mol. The second-order valence-electron chi connectivity index (χ2n) is 6.26. The molecule has 1 unspecified atom stereocenters. The molecule has 0 aromatic heterocycles. The molecule has 108 valence electrons. The maximum absolute atomic E-state index is 12.5. The number of carbonyl (C=O) groups is 2. The quantitative estimate of drug-likeness (QED) is 0.764. The highest BCUT2D eigenvalue weighted by Crippen LogP contribution is 2.33. The molecule has 0 aromatic rings. The first kappa shape index (κ1) is 14.3. The van der Waals surface area contributed by atoms with E-state index in [1.807, 2.05) is 11.8 Å². The second-order valence-corrected chi connectivity index (χ2v) is 6.26. The van der Waals surface area contributed by atoms with Gasteiger partial charge in [-0.3, -0.25) is 9.59 Å². The zero-order valence-electron chi connectivity index (χ0n) is 11.9. The molecule has 1 aliphatic heterocycles. The summed E-state index contributed by atoms with van der Waals surface area (Å²) in [4.78, 5) is 26.2. The van der Waals surface area contributed by atoms with Crippen molar-refractivity contribution in [1.29, 1.82) is 0 Å². The van der Waals surface area contributed by atoms with Crippen molar-refractivity contribution in [2.24, 2.45) is 17.1 Å². The van der Waals surface area contributed by atoms with Crippen molar-refractivity contribution in [2.45, 2.75) is 45.1 Å². The van der Waals surface area contributed by atoms with E-state index < -0.39 is 5.41 Å². The first-order valence-corrected chi connectivity index (χ1v) is 7.23. The van der Waals surface area contributed by atoms with Crippen molar-refractivity contribution in [3.05, 3.63) is 0 Å². The molecule has 0 radical (unpaired) electrons. The molecule has 5 heteroatoms. The van der Waals surface area contributed by atoms with E-state index in [1.54, 1.807) is 7.05 Å². The van der Waals surface area contributed by atoms with E-state index in [4.69, 9.17) is 5.73 Å². The molecule has 0 bridgehead atoms. The maximum Gasteiger partial charge on any atom is 0.227 e. The molecule has 2 fully saturated rings. The van der Waals surface area contributed by atoms with Crippen LogP contribution in [0.3, 0.4) is 0 Å². The molecule has 0 spiro atoms. The Morgan fingerprint density at radius 3 is 2.47 bits per heavy atom. The van der Waals surface area contributed by atoms with E-state index in [9.17, 15) is 9.59 Å². The minimum Gasteiger partial charge on any atom is -0.359 e. The van der Waals surface area contributed by atoms with E-state index in [1.165, 1.54) is 0 Å². The third-order valence-electron chi connectivity index (χ3n) is 4.68. The smallest absolute Gasteiger partial charge is 0.227 e. The summed E-state index contributed by atoms with van der Waals surface area (Å²) in [5.74, 6) is 0.375. The van der Waals surface area contributed by atoms with E-state index in [0.29, 0.717) is 13.1 Å².